The number of nitrogens with one attached hydrogen (secondary N) is 1. The highest BCUT2D eigenvalue weighted by atomic mass is 19.4. The number of anilines is 1. The Balaban J connectivity index is 2.15. The van der Waals surface area contributed by atoms with E-state index in [1.54, 1.807) is 24.3 Å². The minimum absolute atomic E-state index is 0.263. The summed E-state index contributed by atoms with van der Waals surface area (Å²) in [6.07, 6.45) is -4.12. The molecule has 0 bridgehead atoms. The molecule has 0 aliphatic carbocycles. The summed E-state index contributed by atoms with van der Waals surface area (Å²) in [5.41, 5.74) is 2.21. The Hall–Kier alpha value is -2.50. The third kappa shape index (κ3) is 3.74. The summed E-state index contributed by atoms with van der Waals surface area (Å²) in [6.45, 7) is 0. The number of carbonyl (C=O) groups excluding carboxylic acids is 1. The molecule has 2 aromatic carbocycles. The number of alkyl halides is 3. The van der Waals surface area contributed by atoms with Gasteiger partial charge >= 0.3 is 6.36 Å². The Bertz CT molecular complexity index is 577. The van der Waals surface area contributed by atoms with Crippen molar-refractivity contribution in [3.8, 4) is 16.9 Å². The van der Waals surface area contributed by atoms with Crippen LogP contribution in [0.3, 0.4) is 0 Å². The van der Waals surface area contributed by atoms with Crippen LogP contribution in [0.1, 0.15) is 0 Å². The third-order valence-electron chi connectivity index (χ3n) is 2.53. The second-order valence-electron chi connectivity index (χ2n) is 3.91. The molecule has 20 heavy (non-hydrogen) atoms. The third-order valence-corrected chi connectivity index (χ3v) is 2.53. The molecule has 2 aromatic rings. The summed E-state index contributed by atoms with van der Waals surface area (Å²) >= 11 is 0. The fourth-order valence-electron chi connectivity index (χ4n) is 1.68. The molecule has 0 saturated heterocycles. The Morgan fingerprint density at radius 2 is 1.40 bits per heavy atom. The van der Waals surface area contributed by atoms with Crippen LogP contribution in [-0.4, -0.2) is 12.8 Å². The fourth-order valence-corrected chi connectivity index (χ4v) is 1.68. The van der Waals surface area contributed by atoms with Crippen LogP contribution in [0.15, 0.2) is 48.5 Å². The lowest BCUT2D eigenvalue weighted by Crippen LogP contribution is -2.16. The molecule has 2 rings (SSSR count). The monoisotopic (exact) mass is 281 g/mol. The molecule has 3 nitrogen and oxygen atoms in total. The minimum Gasteiger partial charge on any atom is -0.406 e. The Labute approximate surface area is 113 Å². The van der Waals surface area contributed by atoms with Gasteiger partial charge < -0.3 is 10.1 Å². The van der Waals surface area contributed by atoms with Crippen molar-refractivity contribution in [1.82, 2.24) is 0 Å². The van der Waals surface area contributed by atoms with E-state index in [9.17, 15) is 18.0 Å². The van der Waals surface area contributed by atoms with Gasteiger partial charge in [0.2, 0.25) is 6.41 Å². The van der Waals surface area contributed by atoms with Crippen LogP contribution < -0.4 is 10.1 Å². The number of rotatable bonds is 4. The molecular weight excluding hydrogens is 271 g/mol. The number of amides is 1. The zero-order valence-corrected chi connectivity index (χ0v) is 10.1. The van der Waals surface area contributed by atoms with Crippen LogP contribution in [0.5, 0.6) is 5.75 Å². The van der Waals surface area contributed by atoms with Crippen molar-refractivity contribution < 1.29 is 22.7 Å². The SMILES string of the molecule is O=CNc1ccc(-c2ccc(OC(F)(F)F)cc2)cc1. The predicted molar refractivity (Wildman–Crippen MR) is 68.2 cm³/mol. The molecule has 0 aliphatic rings. The lowest BCUT2D eigenvalue weighted by atomic mass is 10.1. The quantitative estimate of drug-likeness (QED) is 0.865. The normalized spacial score (nSPS) is 10.9. The molecule has 0 aromatic heterocycles. The number of hydrogen-bond acceptors (Lipinski definition) is 2. The van der Waals surface area contributed by atoms with Crippen molar-refractivity contribution in [1.29, 1.82) is 0 Å². The molecule has 0 saturated carbocycles. The van der Waals surface area contributed by atoms with Crippen LogP contribution in [0, 0.1) is 0 Å². The van der Waals surface area contributed by atoms with Gasteiger partial charge in [-0.1, -0.05) is 24.3 Å². The molecule has 0 atom stereocenters. The van der Waals surface area contributed by atoms with Gasteiger partial charge in [0, 0.05) is 5.69 Å². The molecule has 0 spiro atoms. The number of ether oxygens (including phenoxy) is 1. The zero-order valence-electron chi connectivity index (χ0n) is 10.1. The van der Waals surface area contributed by atoms with Gasteiger partial charge in [-0.15, -0.1) is 13.2 Å². The molecule has 1 N–H and O–H groups in total. The summed E-state index contributed by atoms with van der Waals surface area (Å²) < 4.78 is 39.9. The molecule has 0 fully saturated rings. The summed E-state index contributed by atoms with van der Waals surface area (Å²) in [5.74, 6) is -0.263. The largest absolute Gasteiger partial charge is 0.573 e. The molecule has 1 amide bonds. The smallest absolute Gasteiger partial charge is 0.406 e. The van der Waals surface area contributed by atoms with Crippen LogP contribution in [-0.2, 0) is 4.79 Å². The van der Waals surface area contributed by atoms with E-state index in [0.29, 0.717) is 12.1 Å². The van der Waals surface area contributed by atoms with Gasteiger partial charge in [0.05, 0.1) is 0 Å². The van der Waals surface area contributed by atoms with Crippen LogP contribution in [0.25, 0.3) is 11.1 Å². The van der Waals surface area contributed by atoms with Gasteiger partial charge in [-0.25, -0.2) is 0 Å². The maximum atomic E-state index is 12.0. The van der Waals surface area contributed by atoms with Crippen LogP contribution in [0.2, 0.25) is 0 Å². The summed E-state index contributed by atoms with van der Waals surface area (Å²) in [5, 5.41) is 2.50. The summed E-state index contributed by atoms with van der Waals surface area (Å²) in [6, 6.07) is 12.5. The molecule has 104 valence electrons. The van der Waals surface area contributed by atoms with Crippen molar-refractivity contribution in [2.75, 3.05) is 5.32 Å². The summed E-state index contributed by atoms with van der Waals surface area (Å²) in [7, 11) is 0. The van der Waals surface area contributed by atoms with E-state index in [1.165, 1.54) is 24.3 Å². The van der Waals surface area contributed by atoms with E-state index in [2.05, 4.69) is 10.1 Å². The highest BCUT2D eigenvalue weighted by Gasteiger charge is 2.30. The van der Waals surface area contributed by atoms with Gasteiger partial charge in [-0.05, 0) is 35.4 Å². The first-order chi connectivity index (χ1) is 9.48. The molecule has 6 heteroatoms. The van der Waals surface area contributed by atoms with E-state index >= 15 is 0 Å². The van der Waals surface area contributed by atoms with Crippen molar-refractivity contribution in [2.45, 2.75) is 6.36 Å². The van der Waals surface area contributed by atoms with Gasteiger partial charge in [-0.2, -0.15) is 0 Å². The van der Waals surface area contributed by atoms with Gasteiger partial charge in [0.1, 0.15) is 5.75 Å². The van der Waals surface area contributed by atoms with Crippen LogP contribution in [0.4, 0.5) is 18.9 Å². The second-order valence-corrected chi connectivity index (χ2v) is 3.91. The first-order valence-electron chi connectivity index (χ1n) is 5.64. The molecule has 0 radical (unpaired) electrons. The Kier molecular flexibility index (Phi) is 3.93. The second kappa shape index (κ2) is 5.64. The van der Waals surface area contributed by atoms with E-state index in [1.807, 2.05) is 0 Å². The summed E-state index contributed by atoms with van der Waals surface area (Å²) in [4.78, 5) is 10.3. The van der Waals surface area contributed by atoms with E-state index in [4.69, 9.17) is 0 Å². The van der Waals surface area contributed by atoms with E-state index in [0.717, 1.165) is 11.1 Å². The Morgan fingerprint density at radius 3 is 1.85 bits per heavy atom. The zero-order chi connectivity index (χ0) is 14.6. The number of carbonyl (C=O) groups is 1. The highest BCUT2D eigenvalue weighted by molar-refractivity contribution is 5.73. The average Bonchev–Trinajstić information content (AvgIpc) is 2.39. The first kappa shape index (κ1) is 13.9. The molecule has 0 unspecified atom stereocenters. The Morgan fingerprint density at radius 1 is 0.900 bits per heavy atom. The van der Waals surface area contributed by atoms with Crippen molar-refractivity contribution in [2.24, 2.45) is 0 Å². The average molecular weight is 281 g/mol. The van der Waals surface area contributed by atoms with E-state index in [-0.39, 0.29) is 5.75 Å². The predicted octanol–water partition coefficient (Wildman–Crippen LogP) is 3.82. The topological polar surface area (TPSA) is 38.3 Å². The fraction of sp³-hybridized carbons (Fsp3) is 0.0714. The lowest BCUT2D eigenvalue weighted by Gasteiger charge is -2.09. The standard InChI is InChI=1S/C14H10F3NO2/c15-14(16,17)20-13-7-3-11(4-8-13)10-1-5-12(6-2-10)18-9-19/h1-9H,(H,18,19). The van der Waals surface area contributed by atoms with Crippen molar-refractivity contribution >= 4 is 12.1 Å². The van der Waals surface area contributed by atoms with Crippen molar-refractivity contribution in [3.05, 3.63) is 48.5 Å². The highest BCUT2D eigenvalue weighted by Crippen LogP contribution is 2.27. The van der Waals surface area contributed by atoms with Gasteiger partial charge in [0.25, 0.3) is 0 Å². The minimum atomic E-state index is -4.69. The van der Waals surface area contributed by atoms with Gasteiger partial charge in [0.15, 0.2) is 0 Å². The maximum absolute atomic E-state index is 12.0. The van der Waals surface area contributed by atoms with Crippen LogP contribution >= 0.6 is 0 Å². The van der Waals surface area contributed by atoms with E-state index < -0.39 is 6.36 Å². The first-order valence-corrected chi connectivity index (χ1v) is 5.64. The number of hydrogen-bond donors (Lipinski definition) is 1. The molecule has 0 heterocycles. The molecular formula is C14H10F3NO2. The van der Waals surface area contributed by atoms with Crippen molar-refractivity contribution in [3.63, 3.8) is 0 Å². The van der Waals surface area contributed by atoms with Gasteiger partial charge in [-0.3, -0.25) is 4.79 Å². The lowest BCUT2D eigenvalue weighted by molar-refractivity contribution is -0.274. The number of halogens is 3. The number of benzene rings is 2. The maximum Gasteiger partial charge on any atom is 0.573 e. The molecule has 0 aliphatic heterocycles.